The van der Waals surface area contributed by atoms with Crippen molar-refractivity contribution in [3.8, 4) is 11.1 Å². The lowest BCUT2D eigenvalue weighted by Crippen LogP contribution is -2.11. The van der Waals surface area contributed by atoms with E-state index in [-0.39, 0.29) is 0 Å². The first-order valence-electron chi connectivity index (χ1n) is 24.7. The zero-order valence-electron chi connectivity index (χ0n) is 39.3. The second-order valence-corrected chi connectivity index (χ2v) is 17.6. The van der Waals surface area contributed by atoms with Crippen molar-refractivity contribution in [3.05, 3.63) is 167 Å². The van der Waals surface area contributed by atoms with Crippen molar-refractivity contribution in [2.45, 2.75) is 157 Å². The molecule has 0 N–H and O–H groups in total. The molecule has 62 heavy (non-hydrogen) atoms. The highest BCUT2D eigenvalue weighted by atomic mass is 15.1. The molecule has 0 bridgehead atoms. The molecule has 0 aliphatic heterocycles. The summed E-state index contributed by atoms with van der Waals surface area (Å²) in [5.74, 6) is 0. The molecule has 6 rings (SSSR count). The van der Waals surface area contributed by atoms with Crippen LogP contribution in [0.2, 0.25) is 0 Å². The van der Waals surface area contributed by atoms with Crippen molar-refractivity contribution in [2.24, 2.45) is 0 Å². The molecule has 6 aromatic rings. The van der Waals surface area contributed by atoms with E-state index in [0.29, 0.717) is 0 Å². The second-order valence-electron chi connectivity index (χ2n) is 17.6. The number of aryl methyl sites for hydroxylation is 6. The Hall–Kier alpha value is -5.08. The maximum atomic E-state index is 2.48. The highest BCUT2D eigenvalue weighted by Crippen LogP contribution is 2.40. The lowest BCUT2D eigenvalue weighted by Gasteiger charge is -2.28. The molecule has 2 heteroatoms. The average Bonchev–Trinajstić information content (AvgIpc) is 3.32. The highest BCUT2D eigenvalue weighted by Gasteiger charge is 2.18. The molecule has 0 saturated heterocycles. The lowest BCUT2D eigenvalue weighted by molar-refractivity contribution is 0.758. The normalized spacial score (nSPS) is 11.3. The molecule has 326 valence electrons. The first-order chi connectivity index (χ1) is 30.5. The number of nitrogens with zero attached hydrogens (tertiary/aromatic N) is 2. The predicted octanol–water partition coefficient (Wildman–Crippen LogP) is 18.3. The fourth-order valence-electron chi connectivity index (χ4n) is 8.81. The quantitative estimate of drug-likeness (QED) is 0.0567. The highest BCUT2D eigenvalue weighted by molar-refractivity contribution is 5.81. The molecule has 2 nitrogen and oxygen atoms in total. The van der Waals surface area contributed by atoms with Crippen LogP contribution < -0.4 is 9.80 Å². The summed E-state index contributed by atoms with van der Waals surface area (Å²) >= 11 is 0. The number of rotatable bonds is 25. The van der Waals surface area contributed by atoms with Gasteiger partial charge in [-0.2, -0.15) is 0 Å². The van der Waals surface area contributed by atoms with Crippen LogP contribution in [0.1, 0.15) is 152 Å². The van der Waals surface area contributed by atoms with Gasteiger partial charge < -0.3 is 9.80 Å². The molecule has 0 heterocycles. The molecule has 0 unspecified atom stereocenters. The van der Waals surface area contributed by atoms with Crippen molar-refractivity contribution < 1.29 is 0 Å². The zero-order valence-corrected chi connectivity index (χ0v) is 39.3. The minimum absolute atomic E-state index is 1.13. The summed E-state index contributed by atoms with van der Waals surface area (Å²) in [6, 6.07) is 51.6. The van der Waals surface area contributed by atoms with Crippen LogP contribution in [0.15, 0.2) is 133 Å². The van der Waals surface area contributed by atoms with E-state index < -0.39 is 0 Å². The molecule has 0 aliphatic rings. The van der Waals surface area contributed by atoms with Gasteiger partial charge in [0.1, 0.15) is 0 Å². The molecular weight excluding hydrogens is 749 g/mol. The summed E-state index contributed by atoms with van der Waals surface area (Å²) in [5.41, 5.74) is 18.6. The van der Waals surface area contributed by atoms with Crippen LogP contribution >= 0.6 is 0 Å². The van der Waals surface area contributed by atoms with E-state index >= 15 is 0 Å². The summed E-state index contributed by atoms with van der Waals surface area (Å²) in [5, 5.41) is 0. The van der Waals surface area contributed by atoms with Crippen LogP contribution in [-0.4, -0.2) is 0 Å². The fourth-order valence-corrected chi connectivity index (χ4v) is 8.81. The van der Waals surface area contributed by atoms with Crippen molar-refractivity contribution in [2.75, 3.05) is 9.80 Å². The van der Waals surface area contributed by atoms with Crippen LogP contribution in [-0.2, 0) is 38.5 Å². The number of hydrogen-bond donors (Lipinski definition) is 0. The summed E-state index contributed by atoms with van der Waals surface area (Å²) in [6.45, 7) is 13.7. The summed E-state index contributed by atoms with van der Waals surface area (Å²) in [6.07, 6.45) is 21.5. The Morgan fingerprint density at radius 3 is 0.823 bits per heavy atom. The first-order valence-corrected chi connectivity index (χ1v) is 24.7. The van der Waals surface area contributed by atoms with Crippen LogP contribution in [0, 0.1) is 0 Å². The molecule has 0 spiro atoms. The molecule has 0 radical (unpaired) electrons. The Morgan fingerprint density at radius 2 is 0.516 bits per heavy atom. The molecule has 0 fully saturated rings. The molecule has 0 aliphatic carbocycles. The van der Waals surface area contributed by atoms with E-state index in [4.69, 9.17) is 0 Å². The summed E-state index contributed by atoms with van der Waals surface area (Å²) < 4.78 is 0. The van der Waals surface area contributed by atoms with Crippen LogP contribution in [0.5, 0.6) is 0 Å². The number of unbranched alkanes of at least 4 members (excludes halogenated alkanes) is 6. The molecule has 0 amide bonds. The number of benzene rings is 6. The molecule has 0 aromatic heterocycles. The van der Waals surface area contributed by atoms with Crippen molar-refractivity contribution in [1.29, 1.82) is 0 Å². The van der Waals surface area contributed by atoms with Gasteiger partial charge in [-0.3, -0.25) is 0 Å². The van der Waals surface area contributed by atoms with Gasteiger partial charge >= 0.3 is 0 Å². The third-order valence-corrected chi connectivity index (χ3v) is 12.7. The Bertz CT molecular complexity index is 2030. The van der Waals surface area contributed by atoms with Gasteiger partial charge in [-0.05, 0) is 194 Å². The van der Waals surface area contributed by atoms with E-state index in [0.717, 1.165) is 38.5 Å². The Labute approximate surface area is 377 Å². The van der Waals surface area contributed by atoms with Gasteiger partial charge in [0, 0.05) is 34.1 Å². The third kappa shape index (κ3) is 12.5. The van der Waals surface area contributed by atoms with Gasteiger partial charge in [0.05, 0.1) is 0 Å². The monoisotopic (exact) mass is 825 g/mol. The van der Waals surface area contributed by atoms with E-state index in [2.05, 4.69) is 185 Å². The van der Waals surface area contributed by atoms with Crippen LogP contribution in [0.3, 0.4) is 0 Å². The van der Waals surface area contributed by atoms with E-state index in [1.54, 1.807) is 0 Å². The minimum atomic E-state index is 1.13. The Balaban J connectivity index is 1.34. The van der Waals surface area contributed by atoms with E-state index in [1.165, 1.54) is 156 Å². The molecular formula is C60H76N2. The zero-order chi connectivity index (χ0) is 43.5. The van der Waals surface area contributed by atoms with Crippen molar-refractivity contribution in [1.82, 2.24) is 0 Å². The fraction of sp³-hybridized carbons (Fsp3) is 0.400. The Morgan fingerprint density at radius 1 is 0.258 bits per heavy atom. The predicted molar refractivity (Wildman–Crippen MR) is 273 cm³/mol. The van der Waals surface area contributed by atoms with E-state index in [1.807, 2.05) is 0 Å². The van der Waals surface area contributed by atoms with Gasteiger partial charge in [-0.1, -0.05) is 141 Å². The van der Waals surface area contributed by atoms with Gasteiger partial charge in [-0.15, -0.1) is 0 Å². The van der Waals surface area contributed by atoms with Gasteiger partial charge in [-0.25, -0.2) is 0 Å². The second kappa shape index (κ2) is 24.5. The topological polar surface area (TPSA) is 6.48 Å². The largest absolute Gasteiger partial charge is 0.310 e. The number of hydrogen-bond acceptors (Lipinski definition) is 2. The maximum Gasteiger partial charge on any atom is 0.0464 e. The first kappa shape index (κ1) is 46.4. The van der Waals surface area contributed by atoms with E-state index in [9.17, 15) is 0 Å². The van der Waals surface area contributed by atoms with Gasteiger partial charge in [0.15, 0.2) is 0 Å². The summed E-state index contributed by atoms with van der Waals surface area (Å²) in [7, 11) is 0. The standard InChI is InChI=1S/C60H76N2/c1-7-13-19-47-25-35-55(36-26-47)61(59-43-33-49(21-15-9-3)53(45-59)23-17-11-5)57-39-29-51(30-40-57)52-31-41-58(42-32-52)62(56-37-27-48(28-38-56)20-14-8-2)60-44-34-50(22-16-10-4)54(46-60)24-18-12-6/h25-46H,7-24H2,1-6H3. The van der Waals surface area contributed by atoms with Crippen LogP contribution in [0.25, 0.3) is 11.1 Å². The Kier molecular flexibility index (Phi) is 18.4. The minimum Gasteiger partial charge on any atom is -0.310 e. The van der Waals surface area contributed by atoms with Crippen molar-refractivity contribution >= 4 is 34.1 Å². The number of anilines is 6. The molecule has 0 saturated carbocycles. The lowest BCUT2D eigenvalue weighted by atomic mass is 9.96. The van der Waals surface area contributed by atoms with Crippen molar-refractivity contribution in [3.63, 3.8) is 0 Å². The summed E-state index contributed by atoms with van der Waals surface area (Å²) in [4.78, 5) is 4.92. The average molecular weight is 825 g/mol. The van der Waals surface area contributed by atoms with Gasteiger partial charge in [0.25, 0.3) is 0 Å². The van der Waals surface area contributed by atoms with Gasteiger partial charge in [0.2, 0.25) is 0 Å². The molecule has 6 aromatic carbocycles. The maximum absolute atomic E-state index is 2.48. The molecule has 0 atom stereocenters. The third-order valence-electron chi connectivity index (χ3n) is 12.7. The van der Waals surface area contributed by atoms with Crippen LogP contribution in [0.4, 0.5) is 34.1 Å². The smallest absolute Gasteiger partial charge is 0.0464 e. The SMILES string of the molecule is CCCCc1ccc(N(c2ccc(-c3ccc(N(c4ccc(CCCC)cc4)c4ccc(CCCC)c(CCCC)c4)cc3)cc2)c2ccc(CCCC)c(CCCC)c2)cc1.